The molecule has 1 aliphatic heterocycles. The van der Waals surface area contributed by atoms with Crippen LogP contribution in [-0.4, -0.2) is 46.5 Å². The minimum atomic E-state index is 0.0155. The molecule has 5 rings (SSSR count). The number of hydrogen-bond acceptors (Lipinski definition) is 4. The Morgan fingerprint density at radius 1 is 1.00 bits per heavy atom. The van der Waals surface area contributed by atoms with Gasteiger partial charge in [0.1, 0.15) is 0 Å². The zero-order chi connectivity index (χ0) is 23.8. The fraction of sp³-hybridized carbons (Fsp3) is 0.250. The van der Waals surface area contributed by atoms with Gasteiger partial charge < -0.3 is 9.80 Å². The predicted molar refractivity (Wildman–Crippen MR) is 139 cm³/mol. The fourth-order valence-electron chi connectivity index (χ4n) is 4.66. The number of aromatic nitrogens is 2. The summed E-state index contributed by atoms with van der Waals surface area (Å²) in [5.74, 6) is 0.0155. The Bertz CT molecular complexity index is 1350. The first-order valence-electron chi connectivity index (χ1n) is 11.6. The summed E-state index contributed by atoms with van der Waals surface area (Å²) in [5, 5.41) is 1.46. The number of aryl methyl sites for hydroxylation is 2. The second-order valence-electron chi connectivity index (χ2n) is 8.97. The van der Waals surface area contributed by atoms with Crippen molar-refractivity contribution in [2.24, 2.45) is 0 Å². The minimum absolute atomic E-state index is 0.0155. The molecule has 3 heterocycles. The molecule has 4 aromatic rings. The van der Waals surface area contributed by atoms with Crippen LogP contribution in [0.2, 0.25) is 5.02 Å². The van der Waals surface area contributed by atoms with Crippen LogP contribution in [0.4, 0.5) is 5.69 Å². The van der Waals surface area contributed by atoms with Crippen LogP contribution >= 0.6 is 11.6 Å². The maximum absolute atomic E-state index is 13.9. The van der Waals surface area contributed by atoms with Crippen molar-refractivity contribution in [3.05, 3.63) is 88.6 Å². The summed E-state index contributed by atoms with van der Waals surface area (Å²) in [6.45, 7) is 8.31. The Morgan fingerprint density at radius 2 is 1.79 bits per heavy atom. The molecule has 1 fully saturated rings. The molecule has 0 unspecified atom stereocenters. The van der Waals surface area contributed by atoms with Gasteiger partial charge in [-0.05, 0) is 62.7 Å². The van der Waals surface area contributed by atoms with Gasteiger partial charge in [0.15, 0.2) is 0 Å². The molecule has 1 aliphatic rings. The van der Waals surface area contributed by atoms with Crippen LogP contribution in [0, 0.1) is 13.8 Å². The first-order chi connectivity index (χ1) is 16.4. The Labute approximate surface area is 205 Å². The number of carbonyl (C=O) groups is 1. The average molecular weight is 471 g/mol. The first-order valence-corrected chi connectivity index (χ1v) is 11.9. The number of hydrogen-bond donors (Lipinski definition) is 0. The molecule has 1 atom stereocenters. The van der Waals surface area contributed by atoms with E-state index in [4.69, 9.17) is 16.6 Å². The van der Waals surface area contributed by atoms with Crippen molar-refractivity contribution in [1.29, 1.82) is 0 Å². The van der Waals surface area contributed by atoms with Crippen LogP contribution in [0.15, 0.2) is 66.9 Å². The summed E-state index contributed by atoms with van der Waals surface area (Å²) in [6.07, 6.45) is 1.74. The van der Waals surface area contributed by atoms with E-state index in [1.165, 1.54) is 11.3 Å². The number of amides is 1. The summed E-state index contributed by atoms with van der Waals surface area (Å²) in [6, 6.07) is 20.1. The van der Waals surface area contributed by atoms with Crippen LogP contribution in [0.3, 0.4) is 0 Å². The van der Waals surface area contributed by atoms with E-state index in [0.717, 1.165) is 28.7 Å². The summed E-state index contributed by atoms with van der Waals surface area (Å²) in [4.78, 5) is 27.5. The van der Waals surface area contributed by atoms with E-state index in [1.54, 1.807) is 6.20 Å². The van der Waals surface area contributed by atoms with Gasteiger partial charge in [-0.15, -0.1) is 0 Å². The van der Waals surface area contributed by atoms with Gasteiger partial charge in [0.05, 0.1) is 22.5 Å². The average Bonchev–Trinajstić information content (AvgIpc) is 2.86. The lowest BCUT2D eigenvalue weighted by Gasteiger charge is -2.41. The van der Waals surface area contributed by atoms with Crippen molar-refractivity contribution in [1.82, 2.24) is 14.9 Å². The van der Waals surface area contributed by atoms with Gasteiger partial charge in [-0.1, -0.05) is 41.4 Å². The normalized spacial score (nSPS) is 16.2. The number of piperazine rings is 1. The molecule has 172 valence electrons. The van der Waals surface area contributed by atoms with Crippen molar-refractivity contribution in [2.75, 3.05) is 24.5 Å². The van der Waals surface area contributed by atoms with E-state index in [0.29, 0.717) is 29.4 Å². The zero-order valence-corrected chi connectivity index (χ0v) is 20.4. The maximum atomic E-state index is 13.9. The van der Waals surface area contributed by atoms with Crippen molar-refractivity contribution in [2.45, 2.75) is 26.8 Å². The third-order valence-electron chi connectivity index (χ3n) is 6.61. The summed E-state index contributed by atoms with van der Waals surface area (Å²) in [7, 11) is 0. The monoisotopic (exact) mass is 470 g/mol. The molecule has 34 heavy (non-hydrogen) atoms. The topological polar surface area (TPSA) is 49.3 Å². The molecule has 0 bridgehead atoms. The van der Waals surface area contributed by atoms with Crippen molar-refractivity contribution >= 4 is 34.1 Å². The lowest BCUT2D eigenvalue weighted by Crippen LogP contribution is -2.53. The molecule has 0 saturated carbocycles. The number of carbonyl (C=O) groups excluding carboxylic acids is 1. The van der Waals surface area contributed by atoms with Crippen LogP contribution in [0.25, 0.3) is 22.3 Å². The highest BCUT2D eigenvalue weighted by atomic mass is 35.5. The lowest BCUT2D eigenvalue weighted by atomic mass is 10.0. The molecule has 5 nitrogen and oxygen atoms in total. The maximum Gasteiger partial charge on any atom is 0.254 e. The highest BCUT2D eigenvalue weighted by Gasteiger charge is 2.29. The number of nitrogens with zero attached hydrogens (tertiary/aromatic N) is 4. The second-order valence-corrected chi connectivity index (χ2v) is 9.37. The van der Waals surface area contributed by atoms with Gasteiger partial charge in [-0.3, -0.25) is 9.78 Å². The highest BCUT2D eigenvalue weighted by Crippen LogP contribution is 2.31. The first kappa shape index (κ1) is 22.4. The summed E-state index contributed by atoms with van der Waals surface area (Å²) in [5.41, 5.74) is 6.09. The molecule has 2 aromatic heterocycles. The summed E-state index contributed by atoms with van der Waals surface area (Å²) >= 11 is 6.41. The molecule has 0 aliphatic carbocycles. The van der Waals surface area contributed by atoms with E-state index in [2.05, 4.69) is 48.0 Å². The molecule has 1 amide bonds. The lowest BCUT2D eigenvalue weighted by molar-refractivity contribution is 0.0728. The molecule has 2 aromatic carbocycles. The van der Waals surface area contributed by atoms with E-state index in [-0.39, 0.29) is 11.9 Å². The second kappa shape index (κ2) is 9.07. The van der Waals surface area contributed by atoms with Crippen LogP contribution in [-0.2, 0) is 0 Å². The largest absolute Gasteiger partial charge is 0.365 e. The third-order valence-corrected chi connectivity index (χ3v) is 7.02. The molecular weight excluding hydrogens is 444 g/mol. The van der Waals surface area contributed by atoms with Crippen molar-refractivity contribution in [3.63, 3.8) is 0 Å². The Kier molecular flexibility index (Phi) is 5.96. The quantitative estimate of drug-likeness (QED) is 0.373. The van der Waals surface area contributed by atoms with Crippen LogP contribution < -0.4 is 4.90 Å². The van der Waals surface area contributed by atoms with Crippen LogP contribution in [0.1, 0.15) is 28.4 Å². The molecule has 0 radical (unpaired) electrons. The molecule has 1 saturated heterocycles. The zero-order valence-electron chi connectivity index (χ0n) is 19.6. The highest BCUT2D eigenvalue weighted by molar-refractivity contribution is 6.32. The number of anilines is 1. The number of halogens is 1. The Hall–Kier alpha value is -3.44. The number of fused-ring (bicyclic) bond motifs is 1. The van der Waals surface area contributed by atoms with E-state index >= 15 is 0 Å². The van der Waals surface area contributed by atoms with E-state index in [1.807, 2.05) is 48.2 Å². The SMILES string of the molecule is Cc1ccc(N2CCN(C(=O)c3cc(-c4ccccn4)nc4c(C)c(Cl)ccc34)C[C@H]2C)cc1. The molecule has 0 N–H and O–H groups in total. The number of rotatable bonds is 3. The van der Waals surface area contributed by atoms with Gasteiger partial charge in [0.2, 0.25) is 0 Å². The Balaban J connectivity index is 1.50. The third kappa shape index (κ3) is 4.12. The van der Waals surface area contributed by atoms with Crippen molar-refractivity contribution in [3.8, 4) is 11.4 Å². The minimum Gasteiger partial charge on any atom is -0.365 e. The van der Waals surface area contributed by atoms with E-state index < -0.39 is 0 Å². The van der Waals surface area contributed by atoms with Gasteiger partial charge in [0.25, 0.3) is 5.91 Å². The number of pyridine rings is 2. The number of benzene rings is 2. The molecule has 0 spiro atoms. The smallest absolute Gasteiger partial charge is 0.254 e. The fourth-order valence-corrected chi connectivity index (χ4v) is 4.81. The standard InChI is InChI=1S/C28H27ClN4O/c1-18-7-9-21(10-8-18)33-15-14-32(17-19(33)2)28(34)23-16-26(25-6-4-5-13-30-25)31-27-20(3)24(29)12-11-22(23)27/h4-13,16,19H,14-15,17H2,1-3H3/t19-/m1/s1. The summed E-state index contributed by atoms with van der Waals surface area (Å²) < 4.78 is 0. The predicted octanol–water partition coefficient (Wildman–Crippen LogP) is 5.92. The van der Waals surface area contributed by atoms with Gasteiger partial charge in [-0.25, -0.2) is 4.98 Å². The molecule has 6 heteroatoms. The van der Waals surface area contributed by atoms with Gasteiger partial charge in [0, 0.05) is 48.0 Å². The van der Waals surface area contributed by atoms with Crippen LogP contribution in [0.5, 0.6) is 0 Å². The van der Waals surface area contributed by atoms with Crippen molar-refractivity contribution < 1.29 is 4.79 Å². The van der Waals surface area contributed by atoms with Gasteiger partial charge in [-0.2, -0.15) is 0 Å². The molecular formula is C28H27ClN4O. The Morgan fingerprint density at radius 3 is 2.50 bits per heavy atom. The van der Waals surface area contributed by atoms with E-state index in [9.17, 15) is 4.79 Å². The van der Waals surface area contributed by atoms with Gasteiger partial charge >= 0.3 is 0 Å².